The van der Waals surface area contributed by atoms with E-state index in [1.807, 2.05) is 41.0 Å². The number of benzene rings is 2. The second kappa shape index (κ2) is 7.22. The van der Waals surface area contributed by atoms with Crippen LogP contribution in [0, 0.1) is 6.92 Å². The molecule has 148 valence electrons. The van der Waals surface area contributed by atoms with E-state index in [0.29, 0.717) is 11.5 Å². The Morgan fingerprint density at radius 1 is 0.900 bits per heavy atom. The Hall–Kier alpha value is -3.24. The minimum atomic E-state index is 0.681. The molecule has 30 heavy (non-hydrogen) atoms. The van der Waals surface area contributed by atoms with E-state index < -0.39 is 0 Å². The van der Waals surface area contributed by atoms with Crippen LogP contribution < -0.4 is 14.0 Å². The molecule has 0 unspecified atom stereocenters. The Labute approximate surface area is 182 Å². The number of hydrogen-bond acceptors (Lipinski definition) is 4. The topological polar surface area (TPSA) is 53.6 Å². The van der Waals surface area contributed by atoms with Crippen LogP contribution in [0.15, 0.2) is 60.8 Å². The minimum absolute atomic E-state index is 0.681. The molecule has 0 saturated heterocycles. The summed E-state index contributed by atoms with van der Waals surface area (Å²) >= 11 is 2.48. The van der Waals surface area contributed by atoms with Gasteiger partial charge in [0.1, 0.15) is 0 Å². The van der Waals surface area contributed by atoms with E-state index >= 15 is 0 Å². The molecule has 0 amide bonds. The summed E-state index contributed by atoms with van der Waals surface area (Å²) in [5.74, 6) is 1.38. The summed E-state index contributed by atoms with van der Waals surface area (Å²) in [5, 5.41) is 5.82. The maximum atomic E-state index is 5.56. The van der Waals surface area contributed by atoms with Crippen LogP contribution in [-0.4, -0.2) is 50.2 Å². The summed E-state index contributed by atoms with van der Waals surface area (Å²) in [6.45, 7) is 2.12. The van der Waals surface area contributed by atoms with E-state index in [1.54, 1.807) is 14.2 Å². The molecule has 7 heteroatoms. The van der Waals surface area contributed by atoms with Crippen molar-refractivity contribution < 1.29 is 9.47 Å². The van der Waals surface area contributed by atoms with Crippen molar-refractivity contribution in [2.45, 2.75) is 6.92 Å². The van der Waals surface area contributed by atoms with Crippen molar-refractivity contribution in [2.24, 2.45) is 0 Å². The second-order valence-electron chi connectivity index (χ2n) is 7.02. The van der Waals surface area contributed by atoms with Crippen LogP contribution in [0.4, 0.5) is 0 Å². The summed E-state index contributed by atoms with van der Waals surface area (Å²) in [6, 6.07) is 18.4. The number of aryl methyl sites for hydroxylation is 1. The van der Waals surface area contributed by atoms with Gasteiger partial charge in [0.25, 0.3) is 0 Å². The summed E-state index contributed by atoms with van der Waals surface area (Å²) < 4.78 is 16.0. The van der Waals surface area contributed by atoms with Gasteiger partial charge in [0, 0.05) is 0 Å². The molecule has 5 aromatic rings. The first kappa shape index (κ1) is 18.8. The van der Waals surface area contributed by atoms with Gasteiger partial charge < -0.3 is 0 Å². The molecule has 0 aliphatic rings. The molecule has 0 spiro atoms. The van der Waals surface area contributed by atoms with Gasteiger partial charge in [-0.15, -0.1) is 0 Å². The van der Waals surface area contributed by atoms with E-state index in [9.17, 15) is 0 Å². The van der Waals surface area contributed by atoms with Gasteiger partial charge in [0.05, 0.1) is 0 Å². The molecule has 2 aromatic carbocycles. The summed E-state index contributed by atoms with van der Waals surface area (Å²) in [7, 11) is 3.29. The molecule has 0 saturated carbocycles. The first-order valence-corrected chi connectivity index (χ1v) is 10.4. The van der Waals surface area contributed by atoms with Crippen molar-refractivity contribution in [3.8, 4) is 28.6 Å². The zero-order chi connectivity index (χ0) is 20.8. The third-order valence-electron chi connectivity index (χ3n) is 5.26. The molecule has 0 aliphatic heterocycles. The number of methoxy groups -OCH3 is 2. The van der Waals surface area contributed by atoms with Crippen LogP contribution in [0.25, 0.3) is 33.6 Å². The van der Waals surface area contributed by atoms with Crippen LogP contribution in [0.2, 0.25) is 0 Å². The normalized spacial score (nSPS) is 11.3. The van der Waals surface area contributed by atoms with Crippen molar-refractivity contribution in [3.05, 3.63) is 66.4 Å². The molecular weight excluding hydrogens is 439 g/mol. The fourth-order valence-corrected chi connectivity index (χ4v) is 4.24. The van der Waals surface area contributed by atoms with Crippen molar-refractivity contribution in [1.29, 1.82) is 0 Å². The SMILES string of the molecule is COc1ccc(-n2c(-c3cnc4ccc([As])nn34)cc3cccc(C)c32)cc1OC. The van der Waals surface area contributed by atoms with E-state index in [2.05, 4.69) is 62.7 Å². The molecule has 5 rings (SSSR count). The summed E-state index contributed by atoms with van der Waals surface area (Å²) in [6.07, 6.45) is 1.87. The number of fused-ring (bicyclic) bond motifs is 2. The molecule has 0 atom stereocenters. The van der Waals surface area contributed by atoms with E-state index in [1.165, 1.54) is 5.56 Å². The van der Waals surface area contributed by atoms with Crippen LogP contribution >= 0.6 is 0 Å². The average molecular weight is 458 g/mol. The molecule has 0 aliphatic carbocycles. The Balaban J connectivity index is 1.86. The molecular formula is C23H19AsN4O2. The van der Waals surface area contributed by atoms with Gasteiger partial charge >= 0.3 is 183 Å². The van der Waals surface area contributed by atoms with E-state index in [-0.39, 0.29) is 0 Å². The maximum absolute atomic E-state index is 5.56. The first-order valence-electron chi connectivity index (χ1n) is 9.48. The molecule has 0 bridgehead atoms. The summed E-state index contributed by atoms with van der Waals surface area (Å²) in [4.78, 5) is 4.56. The van der Waals surface area contributed by atoms with Gasteiger partial charge in [-0.05, 0) is 0 Å². The van der Waals surface area contributed by atoms with Gasteiger partial charge in [-0.3, -0.25) is 0 Å². The van der Waals surface area contributed by atoms with Gasteiger partial charge in [-0.1, -0.05) is 0 Å². The number of hydrogen-bond donors (Lipinski definition) is 0. The van der Waals surface area contributed by atoms with Crippen molar-refractivity contribution in [1.82, 2.24) is 19.2 Å². The standard InChI is InChI=1S/C23H19AsN4O2/c1-14-5-4-6-15-11-17(18-13-25-22-10-9-21(24)26-28(18)22)27(23(14)15)16-7-8-19(29-2)20(12-16)30-3/h4-13H,1-3H3. The van der Waals surface area contributed by atoms with Gasteiger partial charge in [-0.2, -0.15) is 0 Å². The Morgan fingerprint density at radius 2 is 1.73 bits per heavy atom. The zero-order valence-electron chi connectivity index (χ0n) is 16.8. The molecule has 0 fully saturated rings. The third-order valence-corrected chi connectivity index (χ3v) is 5.76. The van der Waals surface area contributed by atoms with Crippen molar-refractivity contribution in [2.75, 3.05) is 14.2 Å². The first-order chi connectivity index (χ1) is 14.6. The monoisotopic (exact) mass is 458 g/mol. The fraction of sp³-hybridized carbons (Fsp3) is 0.130. The predicted octanol–water partition coefficient (Wildman–Crippen LogP) is 3.46. The quantitative estimate of drug-likeness (QED) is 0.387. The zero-order valence-corrected chi connectivity index (χ0v) is 18.7. The number of para-hydroxylation sites is 1. The Bertz CT molecular complexity index is 1400. The van der Waals surface area contributed by atoms with E-state index in [0.717, 1.165) is 38.1 Å². The van der Waals surface area contributed by atoms with Gasteiger partial charge in [0.2, 0.25) is 0 Å². The van der Waals surface area contributed by atoms with Gasteiger partial charge in [-0.25, -0.2) is 0 Å². The van der Waals surface area contributed by atoms with Gasteiger partial charge in [0.15, 0.2) is 0 Å². The van der Waals surface area contributed by atoms with Crippen LogP contribution in [-0.2, 0) is 0 Å². The number of rotatable bonds is 4. The molecule has 3 heterocycles. The number of aromatic nitrogens is 4. The Kier molecular flexibility index (Phi) is 4.52. The number of ether oxygens (including phenoxy) is 2. The van der Waals surface area contributed by atoms with Crippen LogP contribution in [0.3, 0.4) is 0 Å². The van der Waals surface area contributed by atoms with Crippen LogP contribution in [0.1, 0.15) is 5.56 Å². The molecule has 6 nitrogen and oxygen atoms in total. The predicted molar refractivity (Wildman–Crippen MR) is 118 cm³/mol. The average Bonchev–Trinajstić information content (AvgIpc) is 3.34. The van der Waals surface area contributed by atoms with Crippen molar-refractivity contribution in [3.63, 3.8) is 0 Å². The second-order valence-corrected chi connectivity index (χ2v) is 7.98. The number of imidazole rings is 1. The van der Waals surface area contributed by atoms with E-state index in [4.69, 9.17) is 9.47 Å². The summed E-state index contributed by atoms with van der Waals surface area (Å²) in [5.41, 5.74) is 6.03. The Morgan fingerprint density at radius 3 is 2.53 bits per heavy atom. The molecule has 2 radical (unpaired) electrons. The molecule has 0 N–H and O–H groups in total. The van der Waals surface area contributed by atoms with Crippen molar-refractivity contribution >= 4 is 37.9 Å². The molecule has 3 aromatic heterocycles. The third kappa shape index (κ3) is 2.87. The van der Waals surface area contributed by atoms with Crippen LogP contribution in [0.5, 0.6) is 11.5 Å². The number of nitrogens with zero attached hydrogens (tertiary/aromatic N) is 4. The fourth-order valence-electron chi connectivity index (χ4n) is 3.89.